The monoisotopic (exact) mass is 287 g/mol. The molecule has 0 unspecified atom stereocenters. The molecule has 114 valence electrons. The smallest absolute Gasteiger partial charge is 0.320 e. The summed E-state index contributed by atoms with van der Waals surface area (Å²) in [6, 6.07) is 8.50. The highest BCUT2D eigenvalue weighted by Crippen LogP contribution is 2.30. The summed E-state index contributed by atoms with van der Waals surface area (Å²) in [5.41, 5.74) is 7.89. The maximum absolute atomic E-state index is 12.9. The molecule has 0 atom stereocenters. The fourth-order valence-corrected chi connectivity index (χ4v) is 3.04. The minimum atomic E-state index is 0.211. The number of rotatable bonds is 3. The molecule has 2 fully saturated rings. The first kappa shape index (κ1) is 14.2. The fraction of sp³-hybridized carbons (Fsp3) is 0.588. The number of urea groups is 1. The lowest BCUT2D eigenvalue weighted by Gasteiger charge is -2.30. The molecule has 0 radical (unpaired) electrons. The number of carbonyl (C=O) groups excluding carboxylic acids is 1. The molecule has 1 aromatic rings. The number of carbonyl (C=O) groups is 1. The van der Waals surface area contributed by atoms with Crippen LogP contribution in [0.5, 0.6) is 0 Å². The Morgan fingerprint density at radius 3 is 2.43 bits per heavy atom. The van der Waals surface area contributed by atoms with Crippen molar-refractivity contribution in [1.29, 1.82) is 0 Å². The second-order valence-corrected chi connectivity index (χ2v) is 6.24. The molecule has 0 bridgehead atoms. The average Bonchev–Trinajstić information content (AvgIpc) is 3.32. The van der Waals surface area contributed by atoms with Crippen molar-refractivity contribution in [1.82, 2.24) is 9.80 Å². The zero-order valence-corrected chi connectivity index (χ0v) is 12.6. The van der Waals surface area contributed by atoms with Gasteiger partial charge in [-0.2, -0.15) is 0 Å². The van der Waals surface area contributed by atoms with Crippen molar-refractivity contribution in [3.63, 3.8) is 0 Å². The molecule has 1 aliphatic heterocycles. The van der Waals surface area contributed by atoms with Crippen LogP contribution in [0.3, 0.4) is 0 Å². The number of anilines is 1. The second kappa shape index (κ2) is 6.37. The SMILES string of the molecule is Nc1ccccc1CN(C(=O)N1CCCCCC1)C1CC1. The zero-order chi connectivity index (χ0) is 14.7. The average molecular weight is 287 g/mol. The van der Waals surface area contributed by atoms with E-state index in [9.17, 15) is 4.79 Å². The van der Waals surface area contributed by atoms with Gasteiger partial charge in [0.25, 0.3) is 0 Å². The maximum atomic E-state index is 12.9. The van der Waals surface area contributed by atoms with E-state index in [2.05, 4.69) is 0 Å². The first-order chi connectivity index (χ1) is 10.3. The van der Waals surface area contributed by atoms with E-state index in [1.807, 2.05) is 34.1 Å². The first-order valence-electron chi connectivity index (χ1n) is 8.14. The molecule has 0 aromatic heterocycles. The van der Waals surface area contributed by atoms with Crippen LogP contribution >= 0.6 is 0 Å². The number of nitrogen functional groups attached to an aromatic ring is 1. The van der Waals surface area contributed by atoms with Crippen LogP contribution < -0.4 is 5.73 Å². The Balaban J connectivity index is 1.72. The van der Waals surface area contributed by atoms with Gasteiger partial charge in [-0.05, 0) is 37.3 Å². The van der Waals surface area contributed by atoms with Gasteiger partial charge in [0, 0.05) is 31.4 Å². The molecule has 2 aliphatic rings. The highest BCUT2D eigenvalue weighted by atomic mass is 16.2. The summed E-state index contributed by atoms with van der Waals surface area (Å²) in [5, 5.41) is 0. The number of amides is 2. The molecule has 21 heavy (non-hydrogen) atoms. The predicted octanol–water partition coefficient (Wildman–Crippen LogP) is 3.23. The van der Waals surface area contributed by atoms with Crippen LogP contribution in [0.25, 0.3) is 0 Å². The van der Waals surface area contributed by atoms with E-state index in [-0.39, 0.29) is 6.03 Å². The normalized spacial score (nSPS) is 19.1. The lowest BCUT2D eigenvalue weighted by molar-refractivity contribution is 0.148. The number of hydrogen-bond donors (Lipinski definition) is 1. The van der Waals surface area contributed by atoms with E-state index in [4.69, 9.17) is 5.73 Å². The van der Waals surface area contributed by atoms with Crippen molar-refractivity contribution >= 4 is 11.7 Å². The van der Waals surface area contributed by atoms with Gasteiger partial charge in [0.05, 0.1) is 0 Å². The highest BCUT2D eigenvalue weighted by molar-refractivity contribution is 5.75. The maximum Gasteiger partial charge on any atom is 0.320 e. The van der Waals surface area contributed by atoms with E-state index in [0.717, 1.165) is 50.0 Å². The number of nitrogens with zero attached hydrogens (tertiary/aromatic N) is 2. The van der Waals surface area contributed by atoms with Crippen LogP contribution in [0.4, 0.5) is 10.5 Å². The second-order valence-electron chi connectivity index (χ2n) is 6.24. The topological polar surface area (TPSA) is 49.6 Å². The van der Waals surface area contributed by atoms with Crippen molar-refractivity contribution in [2.45, 2.75) is 51.1 Å². The number of nitrogens with two attached hydrogens (primary N) is 1. The highest BCUT2D eigenvalue weighted by Gasteiger charge is 2.35. The number of hydrogen-bond acceptors (Lipinski definition) is 2. The third-order valence-electron chi connectivity index (χ3n) is 4.51. The largest absolute Gasteiger partial charge is 0.398 e. The lowest BCUT2D eigenvalue weighted by Crippen LogP contribution is -2.44. The van der Waals surface area contributed by atoms with Gasteiger partial charge in [-0.15, -0.1) is 0 Å². The van der Waals surface area contributed by atoms with Crippen molar-refractivity contribution in [2.75, 3.05) is 18.8 Å². The van der Waals surface area contributed by atoms with Crippen LogP contribution in [0.1, 0.15) is 44.1 Å². The van der Waals surface area contributed by atoms with Gasteiger partial charge in [0.1, 0.15) is 0 Å². The predicted molar refractivity (Wildman–Crippen MR) is 84.9 cm³/mol. The minimum Gasteiger partial charge on any atom is -0.398 e. The van der Waals surface area contributed by atoms with Gasteiger partial charge in [-0.25, -0.2) is 4.79 Å². The Morgan fingerprint density at radius 2 is 1.81 bits per heavy atom. The van der Waals surface area contributed by atoms with Gasteiger partial charge in [-0.3, -0.25) is 0 Å². The van der Waals surface area contributed by atoms with Crippen LogP contribution in [0.15, 0.2) is 24.3 Å². The molecular weight excluding hydrogens is 262 g/mol. The molecule has 1 heterocycles. The van der Waals surface area contributed by atoms with Crippen molar-refractivity contribution < 1.29 is 4.79 Å². The Labute approximate surface area is 126 Å². The van der Waals surface area contributed by atoms with Gasteiger partial charge >= 0.3 is 6.03 Å². The third kappa shape index (κ3) is 3.49. The van der Waals surface area contributed by atoms with Crippen LogP contribution in [-0.4, -0.2) is 35.0 Å². The van der Waals surface area contributed by atoms with E-state index >= 15 is 0 Å². The summed E-state index contributed by atoms with van der Waals surface area (Å²) in [6.45, 7) is 2.46. The number of likely N-dealkylation sites (tertiary alicyclic amines) is 1. The molecule has 0 spiro atoms. The van der Waals surface area contributed by atoms with E-state index < -0.39 is 0 Å². The fourth-order valence-electron chi connectivity index (χ4n) is 3.04. The van der Waals surface area contributed by atoms with Crippen LogP contribution in [0.2, 0.25) is 0 Å². The van der Waals surface area contributed by atoms with E-state index in [0.29, 0.717) is 12.6 Å². The molecule has 4 nitrogen and oxygen atoms in total. The Morgan fingerprint density at radius 1 is 1.14 bits per heavy atom. The molecule has 1 aliphatic carbocycles. The quantitative estimate of drug-likeness (QED) is 0.868. The lowest BCUT2D eigenvalue weighted by atomic mass is 10.1. The summed E-state index contributed by atoms with van der Waals surface area (Å²) < 4.78 is 0. The summed E-state index contributed by atoms with van der Waals surface area (Å²) in [4.78, 5) is 16.9. The number of benzene rings is 1. The molecular formula is C17H25N3O. The number of para-hydroxylation sites is 1. The molecule has 1 saturated carbocycles. The van der Waals surface area contributed by atoms with Gasteiger partial charge < -0.3 is 15.5 Å². The van der Waals surface area contributed by atoms with Crippen LogP contribution in [0, 0.1) is 0 Å². The Hall–Kier alpha value is -1.71. The summed E-state index contributed by atoms with van der Waals surface area (Å²) in [7, 11) is 0. The summed E-state index contributed by atoms with van der Waals surface area (Å²) >= 11 is 0. The van der Waals surface area contributed by atoms with Gasteiger partial charge in [-0.1, -0.05) is 31.0 Å². The van der Waals surface area contributed by atoms with Crippen molar-refractivity contribution in [3.8, 4) is 0 Å². The third-order valence-corrected chi connectivity index (χ3v) is 4.51. The van der Waals surface area contributed by atoms with Crippen LogP contribution in [-0.2, 0) is 6.54 Å². The minimum absolute atomic E-state index is 0.211. The molecule has 2 N–H and O–H groups in total. The molecule has 2 amide bonds. The zero-order valence-electron chi connectivity index (χ0n) is 12.6. The molecule has 1 saturated heterocycles. The standard InChI is InChI=1S/C17H25N3O/c18-16-8-4-3-7-14(16)13-20(15-9-10-15)17(21)19-11-5-1-2-6-12-19/h3-4,7-8,15H,1-2,5-6,9-13,18H2. The molecule has 4 heteroatoms. The Bertz CT molecular complexity index is 491. The van der Waals surface area contributed by atoms with E-state index in [1.54, 1.807) is 0 Å². The van der Waals surface area contributed by atoms with Crippen molar-refractivity contribution in [3.05, 3.63) is 29.8 Å². The first-order valence-corrected chi connectivity index (χ1v) is 8.14. The Kier molecular flexibility index (Phi) is 4.32. The van der Waals surface area contributed by atoms with Gasteiger partial charge in [0.2, 0.25) is 0 Å². The summed E-state index contributed by atoms with van der Waals surface area (Å²) in [5.74, 6) is 0. The van der Waals surface area contributed by atoms with E-state index in [1.165, 1.54) is 12.8 Å². The summed E-state index contributed by atoms with van der Waals surface area (Å²) in [6.07, 6.45) is 7.03. The van der Waals surface area contributed by atoms with Gasteiger partial charge in [0.15, 0.2) is 0 Å². The molecule has 1 aromatic carbocycles. The molecule has 3 rings (SSSR count). The van der Waals surface area contributed by atoms with Crippen molar-refractivity contribution in [2.24, 2.45) is 0 Å².